The maximum Gasteiger partial charge on any atom is 0.0532 e. The lowest BCUT2D eigenvalue weighted by atomic mass is 10.1. The van der Waals surface area contributed by atoms with Crippen LogP contribution in [-0.2, 0) is 0 Å². The number of benzene rings is 1. The largest absolute Gasteiger partial charge is 0.142 e. The molecule has 0 saturated carbocycles. The van der Waals surface area contributed by atoms with Crippen molar-refractivity contribution in [2.24, 2.45) is 0 Å². The molecule has 0 spiro atoms. The monoisotopic (exact) mass is 158 g/mol. The summed E-state index contributed by atoms with van der Waals surface area (Å²) in [7, 11) is 0. The van der Waals surface area contributed by atoms with Crippen molar-refractivity contribution in [1.82, 2.24) is 0 Å². The summed E-state index contributed by atoms with van der Waals surface area (Å²) in [6, 6.07) is 5.45. The molecule has 1 aromatic rings. The summed E-state index contributed by atoms with van der Waals surface area (Å²) in [5.41, 5.74) is 1.42. The molecule has 0 bridgehead atoms. The predicted octanol–water partition coefficient (Wildman–Crippen LogP) is 1.94. The van der Waals surface area contributed by atoms with Crippen LogP contribution in [0.2, 0.25) is 0 Å². The Bertz CT molecular complexity index is 350. The maximum absolute atomic E-state index is 5.23. The zero-order valence-corrected chi connectivity index (χ0v) is 6.73. The number of thiol groups is 1. The van der Waals surface area contributed by atoms with Crippen LogP contribution in [-0.4, -0.2) is 0 Å². The van der Waals surface area contributed by atoms with Crippen LogP contribution in [0.4, 0.5) is 0 Å². The van der Waals surface area contributed by atoms with Gasteiger partial charge in [0.2, 0.25) is 0 Å². The predicted molar refractivity (Wildman–Crippen MR) is 49.6 cm³/mol. The van der Waals surface area contributed by atoms with Crippen molar-refractivity contribution in [2.75, 3.05) is 0 Å². The number of rotatable bonds is 0. The molecule has 1 heteroatoms. The Morgan fingerprint density at radius 2 is 1.91 bits per heavy atom. The highest BCUT2D eigenvalue weighted by Gasteiger charge is 1.98. The lowest BCUT2D eigenvalue weighted by Gasteiger charge is -1.98. The first-order chi connectivity index (χ1) is 5.29. The van der Waals surface area contributed by atoms with E-state index < -0.39 is 0 Å². The van der Waals surface area contributed by atoms with Gasteiger partial charge in [-0.25, -0.2) is 0 Å². The Hall–Kier alpha value is -1.31. The third-order valence-electron chi connectivity index (χ3n) is 1.34. The fourth-order valence-corrected chi connectivity index (χ4v) is 1.08. The van der Waals surface area contributed by atoms with E-state index in [1.54, 1.807) is 6.07 Å². The highest BCUT2D eigenvalue weighted by atomic mass is 32.1. The summed E-state index contributed by atoms with van der Waals surface area (Å²) < 4.78 is 0. The standard InChI is InChI=1S/C10H6S/c1-3-8-6-5-7-10(11)9(8)4-2/h1-2,5-7,11H. The van der Waals surface area contributed by atoms with Gasteiger partial charge in [0.1, 0.15) is 0 Å². The Labute approximate surface area is 72.0 Å². The second-order valence-electron chi connectivity index (χ2n) is 1.99. The molecular formula is C10H6S. The zero-order valence-electron chi connectivity index (χ0n) is 5.83. The van der Waals surface area contributed by atoms with Gasteiger partial charge in [0.25, 0.3) is 0 Å². The van der Waals surface area contributed by atoms with Crippen molar-refractivity contribution in [3.8, 4) is 24.7 Å². The van der Waals surface area contributed by atoms with Gasteiger partial charge in [-0.15, -0.1) is 25.5 Å². The minimum Gasteiger partial charge on any atom is -0.142 e. The first-order valence-corrected chi connectivity index (χ1v) is 3.49. The summed E-state index contributed by atoms with van der Waals surface area (Å²) in [6.45, 7) is 0. The van der Waals surface area contributed by atoms with Gasteiger partial charge < -0.3 is 0 Å². The Morgan fingerprint density at radius 1 is 1.18 bits per heavy atom. The van der Waals surface area contributed by atoms with Gasteiger partial charge in [-0.3, -0.25) is 0 Å². The fourth-order valence-electron chi connectivity index (χ4n) is 0.812. The molecule has 0 heterocycles. The van der Waals surface area contributed by atoms with E-state index in [-0.39, 0.29) is 0 Å². The van der Waals surface area contributed by atoms with E-state index in [4.69, 9.17) is 12.8 Å². The SMILES string of the molecule is C#Cc1cccc(S)c1C#C. The summed E-state index contributed by atoms with van der Waals surface area (Å²) >= 11 is 4.16. The van der Waals surface area contributed by atoms with E-state index in [2.05, 4.69) is 24.5 Å². The molecule has 0 unspecified atom stereocenters. The first-order valence-electron chi connectivity index (χ1n) is 3.04. The molecule has 0 atom stereocenters. The van der Waals surface area contributed by atoms with Gasteiger partial charge >= 0.3 is 0 Å². The van der Waals surface area contributed by atoms with Crippen LogP contribution in [0.1, 0.15) is 11.1 Å². The average molecular weight is 158 g/mol. The van der Waals surface area contributed by atoms with Crippen LogP contribution in [0, 0.1) is 24.7 Å². The van der Waals surface area contributed by atoms with E-state index in [0.717, 1.165) is 10.5 Å². The van der Waals surface area contributed by atoms with Crippen molar-refractivity contribution in [1.29, 1.82) is 0 Å². The molecule has 1 aromatic carbocycles. The first kappa shape index (κ1) is 7.79. The number of hydrogen-bond acceptors (Lipinski definition) is 1. The molecule has 0 aliphatic carbocycles. The molecule has 11 heavy (non-hydrogen) atoms. The zero-order chi connectivity index (χ0) is 8.27. The van der Waals surface area contributed by atoms with E-state index >= 15 is 0 Å². The number of hydrogen-bond donors (Lipinski definition) is 1. The lowest BCUT2D eigenvalue weighted by Crippen LogP contribution is -1.83. The molecule has 0 nitrogen and oxygen atoms in total. The van der Waals surface area contributed by atoms with Gasteiger partial charge in [0.05, 0.1) is 5.56 Å². The van der Waals surface area contributed by atoms with Crippen LogP contribution < -0.4 is 0 Å². The summed E-state index contributed by atoms with van der Waals surface area (Å²) in [4.78, 5) is 0.753. The van der Waals surface area contributed by atoms with E-state index in [0.29, 0.717) is 5.56 Å². The van der Waals surface area contributed by atoms with Crippen LogP contribution in [0.5, 0.6) is 0 Å². The topological polar surface area (TPSA) is 0 Å². The van der Waals surface area contributed by atoms with Crippen LogP contribution in [0.3, 0.4) is 0 Å². The number of terminal acetylenes is 2. The summed E-state index contributed by atoms with van der Waals surface area (Å²) in [5.74, 6) is 4.99. The van der Waals surface area contributed by atoms with Gasteiger partial charge in [-0.1, -0.05) is 17.9 Å². The van der Waals surface area contributed by atoms with Crippen molar-refractivity contribution in [2.45, 2.75) is 4.90 Å². The van der Waals surface area contributed by atoms with Crippen molar-refractivity contribution < 1.29 is 0 Å². The third kappa shape index (κ3) is 1.40. The minimum absolute atomic E-state index is 0.693. The summed E-state index contributed by atoms with van der Waals surface area (Å²) in [5, 5.41) is 0. The van der Waals surface area contributed by atoms with E-state index in [1.165, 1.54) is 0 Å². The molecule has 0 radical (unpaired) electrons. The molecule has 52 valence electrons. The lowest BCUT2D eigenvalue weighted by molar-refractivity contribution is 1.40. The molecule has 0 amide bonds. The normalized spacial score (nSPS) is 8.27. The van der Waals surface area contributed by atoms with Crippen molar-refractivity contribution >= 4 is 12.6 Å². The highest BCUT2D eigenvalue weighted by Crippen LogP contribution is 2.15. The van der Waals surface area contributed by atoms with Gasteiger partial charge in [0.15, 0.2) is 0 Å². The minimum atomic E-state index is 0.693. The Balaban J connectivity index is 3.42. The molecule has 0 fully saturated rings. The van der Waals surface area contributed by atoms with Gasteiger partial charge in [-0.2, -0.15) is 0 Å². The molecule has 0 saturated heterocycles. The fraction of sp³-hybridized carbons (Fsp3) is 0. The highest BCUT2D eigenvalue weighted by molar-refractivity contribution is 7.80. The molecule has 0 aliphatic heterocycles. The smallest absolute Gasteiger partial charge is 0.0532 e. The third-order valence-corrected chi connectivity index (χ3v) is 1.71. The second kappa shape index (κ2) is 3.19. The van der Waals surface area contributed by atoms with Gasteiger partial charge in [-0.05, 0) is 12.1 Å². The Morgan fingerprint density at radius 3 is 2.36 bits per heavy atom. The summed E-state index contributed by atoms with van der Waals surface area (Å²) in [6.07, 6.45) is 10.4. The van der Waals surface area contributed by atoms with Crippen molar-refractivity contribution in [3.63, 3.8) is 0 Å². The molecule has 0 N–H and O–H groups in total. The second-order valence-corrected chi connectivity index (χ2v) is 2.47. The average Bonchev–Trinajstić information content (AvgIpc) is 2.04. The molecule has 0 aliphatic rings. The van der Waals surface area contributed by atoms with E-state index in [1.807, 2.05) is 12.1 Å². The van der Waals surface area contributed by atoms with Crippen LogP contribution in [0.15, 0.2) is 23.1 Å². The quantitative estimate of drug-likeness (QED) is 0.433. The van der Waals surface area contributed by atoms with Crippen LogP contribution >= 0.6 is 12.6 Å². The van der Waals surface area contributed by atoms with Gasteiger partial charge in [0, 0.05) is 10.5 Å². The van der Waals surface area contributed by atoms with Crippen LogP contribution in [0.25, 0.3) is 0 Å². The molecular weight excluding hydrogens is 152 g/mol. The molecule has 1 rings (SSSR count). The van der Waals surface area contributed by atoms with Crippen molar-refractivity contribution in [3.05, 3.63) is 29.3 Å². The van der Waals surface area contributed by atoms with E-state index in [9.17, 15) is 0 Å². The maximum atomic E-state index is 5.23. The molecule has 0 aromatic heterocycles. The Kier molecular flexibility index (Phi) is 2.26.